The first kappa shape index (κ1) is 17.0. The lowest BCUT2D eigenvalue weighted by Gasteiger charge is -2.08. The maximum Gasteiger partial charge on any atom is 0.374 e. The van der Waals surface area contributed by atoms with Crippen molar-refractivity contribution in [1.82, 2.24) is 0 Å². The minimum atomic E-state index is -0.720. The molecule has 0 radical (unpaired) electrons. The van der Waals surface area contributed by atoms with E-state index < -0.39 is 5.97 Å². The molecule has 0 spiro atoms. The van der Waals surface area contributed by atoms with Crippen LogP contribution in [0.15, 0.2) is 57.7 Å². The van der Waals surface area contributed by atoms with Crippen LogP contribution in [-0.4, -0.2) is 19.2 Å². The lowest BCUT2D eigenvalue weighted by molar-refractivity contribution is 0.0415. The predicted octanol–water partition coefficient (Wildman–Crippen LogP) is 3.99. The first-order valence-electron chi connectivity index (χ1n) is 7.63. The number of halogens is 1. The molecule has 0 fully saturated rings. The van der Waals surface area contributed by atoms with E-state index in [-0.39, 0.29) is 24.4 Å². The van der Waals surface area contributed by atoms with Crippen LogP contribution in [-0.2, 0) is 4.74 Å². The molecule has 0 aliphatic heterocycles. The highest BCUT2D eigenvalue weighted by atomic mass is 35.5. The number of carbonyl (C=O) groups is 1. The van der Waals surface area contributed by atoms with Crippen molar-refractivity contribution in [3.63, 3.8) is 0 Å². The molecule has 128 valence electrons. The summed E-state index contributed by atoms with van der Waals surface area (Å²) in [5, 5.41) is 0.906. The van der Waals surface area contributed by atoms with Crippen molar-refractivity contribution in [2.45, 2.75) is 6.92 Å². The van der Waals surface area contributed by atoms with Crippen LogP contribution in [0, 0.1) is 6.92 Å². The third-order valence-corrected chi connectivity index (χ3v) is 3.81. The van der Waals surface area contributed by atoms with Crippen molar-refractivity contribution >= 4 is 28.5 Å². The summed E-state index contributed by atoms with van der Waals surface area (Å²) in [6.45, 7) is 2.01. The fourth-order valence-electron chi connectivity index (χ4n) is 2.29. The van der Waals surface area contributed by atoms with Gasteiger partial charge in [0.2, 0.25) is 5.76 Å². The second-order valence-corrected chi connectivity index (χ2v) is 5.80. The number of benzene rings is 2. The van der Waals surface area contributed by atoms with Crippen molar-refractivity contribution in [3.05, 3.63) is 75.1 Å². The molecular weight excluding hydrogens is 344 g/mol. The van der Waals surface area contributed by atoms with Crippen LogP contribution in [0.25, 0.3) is 11.0 Å². The van der Waals surface area contributed by atoms with E-state index in [1.54, 1.807) is 42.5 Å². The topological polar surface area (TPSA) is 65.7 Å². The summed E-state index contributed by atoms with van der Waals surface area (Å²) < 4.78 is 16.0. The molecule has 0 saturated carbocycles. The van der Waals surface area contributed by atoms with Crippen molar-refractivity contribution in [1.29, 1.82) is 0 Å². The fraction of sp³-hybridized carbons (Fsp3) is 0.158. The summed E-state index contributed by atoms with van der Waals surface area (Å²) in [6.07, 6.45) is 0. The SMILES string of the molecule is Cc1ccc2oc(C(=O)OCCOc3ccccc3Cl)cc(=O)c2c1. The molecule has 6 heteroatoms. The minimum Gasteiger partial charge on any atom is -0.488 e. The molecule has 0 bridgehead atoms. The van der Waals surface area contributed by atoms with E-state index in [1.807, 2.05) is 6.92 Å². The van der Waals surface area contributed by atoms with Crippen molar-refractivity contribution in [2.75, 3.05) is 13.2 Å². The molecule has 0 aliphatic rings. The third-order valence-electron chi connectivity index (χ3n) is 3.49. The molecule has 1 heterocycles. The van der Waals surface area contributed by atoms with E-state index in [1.165, 1.54) is 0 Å². The number of ether oxygens (including phenoxy) is 2. The molecule has 25 heavy (non-hydrogen) atoms. The molecule has 0 atom stereocenters. The first-order valence-corrected chi connectivity index (χ1v) is 8.01. The van der Waals surface area contributed by atoms with E-state index >= 15 is 0 Å². The third kappa shape index (κ3) is 4.00. The molecule has 3 aromatic rings. The zero-order valence-corrected chi connectivity index (χ0v) is 14.2. The summed E-state index contributed by atoms with van der Waals surface area (Å²) in [7, 11) is 0. The van der Waals surface area contributed by atoms with Crippen molar-refractivity contribution < 1.29 is 18.7 Å². The average Bonchev–Trinajstić information content (AvgIpc) is 2.60. The molecule has 2 aromatic carbocycles. The van der Waals surface area contributed by atoms with Crippen LogP contribution in [0.3, 0.4) is 0 Å². The summed E-state index contributed by atoms with van der Waals surface area (Å²) in [6, 6.07) is 13.3. The Bertz CT molecular complexity index is 977. The number of rotatable bonds is 5. The van der Waals surface area contributed by atoms with Gasteiger partial charge in [0.05, 0.1) is 10.4 Å². The van der Waals surface area contributed by atoms with Gasteiger partial charge in [0.15, 0.2) is 5.43 Å². The molecule has 1 aromatic heterocycles. The number of hydrogen-bond acceptors (Lipinski definition) is 5. The maximum absolute atomic E-state index is 12.1. The van der Waals surface area contributed by atoms with Gasteiger partial charge in [-0.05, 0) is 31.2 Å². The Kier molecular flexibility index (Phi) is 5.05. The molecule has 3 rings (SSSR count). The Labute approximate surface area is 148 Å². The number of aryl methyl sites for hydroxylation is 1. The Morgan fingerprint density at radius 3 is 2.72 bits per heavy atom. The Balaban J connectivity index is 1.63. The first-order chi connectivity index (χ1) is 12.0. The van der Waals surface area contributed by atoms with Gasteiger partial charge < -0.3 is 13.9 Å². The fourth-order valence-corrected chi connectivity index (χ4v) is 2.48. The van der Waals surface area contributed by atoms with Crippen LogP contribution >= 0.6 is 11.6 Å². The largest absolute Gasteiger partial charge is 0.488 e. The normalized spacial score (nSPS) is 10.6. The van der Waals surface area contributed by atoms with Gasteiger partial charge in [-0.3, -0.25) is 4.79 Å². The second kappa shape index (κ2) is 7.40. The van der Waals surface area contributed by atoms with E-state index in [2.05, 4.69) is 0 Å². The van der Waals surface area contributed by atoms with Crippen LogP contribution in [0.2, 0.25) is 5.02 Å². The minimum absolute atomic E-state index is 0.000296. The van der Waals surface area contributed by atoms with Crippen LogP contribution in [0.5, 0.6) is 5.75 Å². The summed E-state index contributed by atoms with van der Waals surface area (Å²) in [4.78, 5) is 24.2. The molecule has 0 unspecified atom stereocenters. The van der Waals surface area contributed by atoms with E-state index in [0.717, 1.165) is 11.6 Å². The predicted molar refractivity (Wildman–Crippen MR) is 94.5 cm³/mol. The van der Waals surface area contributed by atoms with Crippen LogP contribution in [0.1, 0.15) is 16.1 Å². The zero-order valence-electron chi connectivity index (χ0n) is 13.5. The monoisotopic (exact) mass is 358 g/mol. The lowest BCUT2D eigenvalue weighted by atomic mass is 10.1. The van der Waals surface area contributed by atoms with Gasteiger partial charge in [0.25, 0.3) is 0 Å². The lowest BCUT2D eigenvalue weighted by Crippen LogP contribution is -2.14. The number of esters is 1. The highest BCUT2D eigenvalue weighted by Crippen LogP contribution is 2.22. The number of hydrogen-bond donors (Lipinski definition) is 0. The van der Waals surface area contributed by atoms with E-state index in [0.29, 0.717) is 21.7 Å². The number of fused-ring (bicyclic) bond motifs is 1. The zero-order chi connectivity index (χ0) is 17.8. The standard InChI is InChI=1S/C19H15ClO5/c1-12-6-7-16-13(10-12)15(21)11-18(25-16)19(22)24-9-8-23-17-5-3-2-4-14(17)20/h2-7,10-11H,8-9H2,1H3. The average molecular weight is 359 g/mol. The van der Waals surface area contributed by atoms with Gasteiger partial charge in [-0.2, -0.15) is 0 Å². The van der Waals surface area contributed by atoms with E-state index in [9.17, 15) is 9.59 Å². The molecular formula is C19H15ClO5. The van der Waals surface area contributed by atoms with Crippen molar-refractivity contribution in [3.8, 4) is 5.75 Å². The van der Waals surface area contributed by atoms with Gasteiger partial charge in [-0.25, -0.2) is 4.79 Å². The summed E-state index contributed by atoms with van der Waals surface area (Å²) >= 11 is 5.96. The van der Waals surface area contributed by atoms with E-state index in [4.69, 9.17) is 25.5 Å². The van der Waals surface area contributed by atoms with Gasteiger partial charge in [-0.1, -0.05) is 35.4 Å². The summed E-state index contributed by atoms with van der Waals surface area (Å²) in [5.74, 6) is -0.353. The van der Waals surface area contributed by atoms with Gasteiger partial charge >= 0.3 is 5.97 Å². The van der Waals surface area contributed by atoms with Gasteiger partial charge in [0, 0.05) is 6.07 Å². The van der Waals surface area contributed by atoms with Crippen LogP contribution < -0.4 is 10.2 Å². The maximum atomic E-state index is 12.1. The Morgan fingerprint density at radius 2 is 1.92 bits per heavy atom. The summed E-state index contributed by atoms with van der Waals surface area (Å²) in [5.41, 5.74) is 0.994. The smallest absolute Gasteiger partial charge is 0.374 e. The molecule has 0 N–H and O–H groups in total. The van der Waals surface area contributed by atoms with Crippen LogP contribution in [0.4, 0.5) is 0 Å². The van der Waals surface area contributed by atoms with Crippen molar-refractivity contribution in [2.24, 2.45) is 0 Å². The Hall–Kier alpha value is -2.79. The quantitative estimate of drug-likeness (QED) is 0.509. The molecule has 0 saturated heterocycles. The number of para-hydroxylation sites is 1. The van der Waals surface area contributed by atoms with Gasteiger partial charge in [-0.15, -0.1) is 0 Å². The highest BCUT2D eigenvalue weighted by molar-refractivity contribution is 6.32. The Morgan fingerprint density at radius 1 is 1.12 bits per heavy atom. The second-order valence-electron chi connectivity index (χ2n) is 5.39. The van der Waals surface area contributed by atoms with Gasteiger partial charge in [0.1, 0.15) is 24.5 Å². The molecule has 0 aliphatic carbocycles. The highest BCUT2D eigenvalue weighted by Gasteiger charge is 2.14. The number of carbonyl (C=O) groups excluding carboxylic acids is 1. The molecule has 0 amide bonds. The molecule has 5 nitrogen and oxygen atoms in total.